The van der Waals surface area contributed by atoms with Gasteiger partial charge in [0.25, 0.3) is 0 Å². The Kier molecular flexibility index (Phi) is 3.67. The van der Waals surface area contributed by atoms with Crippen molar-refractivity contribution < 1.29 is 4.79 Å². The third kappa shape index (κ3) is 3.11. The molecule has 0 aliphatic rings. The Morgan fingerprint density at radius 1 is 1.06 bits per heavy atom. The highest BCUT2D eigenvalue weighted by atomic mass is 35.5. The van der Waals surface area contributed by atoms with Crippen LogP contribution in [0.15, 0.2) is 24.3 Å². The molecule has 0 amide bonds. The summed E-state index contributed by atoms with van der Waals surface area (Å²) in [6.07, 6.45) is 0.172. The normalized spacial score (nSPS) is 10.4. The summed E-state index contributed by atoms with van der Waals surface area (Å²) in [5.41, 5.74) is 0.607. The molecule has 0 saturated carbocycles. The topological polar surface area (TPSA) is 55.7 Å². The van der Waals surface area contributed by atoms with Crippen molar-refractivity contribution in [3.8, 4) is 0 Å². The monoisotopic (exact) mass is 261 g/mol. The third-order valence-electron chi connectivity index (χ3n) is 2.39. The van der Waals surface area contributed by atoms with Crippen LogP contribution in [0.5, 0.6) is 0 Å². The van der Waals surface area contributed by atoms with E-state index < -0.39 is 0 Å². The van der Waals surface area contributed by atoms with Gasteiger partial charge in [0, 0.05) is 10.6 Å². The van der Waals surface area contributed by atoms with E-state index in [1.165, 1.54) is 0 Å². The molecule has 0 bridgehead atoms. The first kappa shape index (κ1) is 12.6. The SMILES string of the molecule is Cc1nc(C)nc(CC(=O)c2ccc(Cl)cc2)n1. The average molecular weight is 262 g/mol. The van der Waals surface area contributed by atoms with E-state index in [4.69, 9.17) is 11.6 Å². The molecular formula is C13H12ClN3O. The Balaban J connectivity index is 2.18. The van der Waals surface area contributed by atoms with Crippen LogP contribution in [0, 0.1) is 13.8 Å². The molecule has 92 valence electrons. The van der Waals surface area contributed by atoms with Gasteiger partial charge in [-0.3, -0.25) is 4.79 Å². The van der Waals surface area contributed by atoms with Crippen LogP contribution < -0.4 is 0 Å². The average Bonchev–Trinajstić information content (AvgIpc) is 2.28. The van der Waals surface area contributed by atoms with E-state index in [1.807, 2.05) is 0 Å². The number of hydrogen-bond donors (Lipinski definition) is 0. The first-order chi connectivity index (χ1) is 8.54. The summed E-state index contributed by atoms with van der Waals surface area (Å²) in [4.78, 5) is 24.4. The van der Waals surface area contributed by atoms with Crippen LogP contribution in [0.4, 0.5) is 0 Å². The lowest BCUT2D eigenvalue weighted by Gasteiger charge is -2.02. The van der Waals surface area contributed by atoms with Gasteiger partial charge in [-0.05, 0) is 38.1 Å². The fourth-order valence-corrected chi connectivity index (χ4v) is 1.77. The lowest BCUT2D eigenvalue weighted by Crippen LogP contribution is -2.09. The van der Waals surface area contributed by atoms with Crippen LogP contribution >= 0.6 is 11.6 Å². The fraction of sp³-hybridized carbons (Fsp3) is 0.231. The highest BCUT2D eigenvalue weighted by molar-refractivity contribution is 6.30. The molecule has 0 radical (unpaired) electrons. The molecule has 2 rings (SSSR count). The van der Waals surface area contributed by atoms with Crippen molar-refractivity contribution in [2.24, 2.45) is 0 Å². The van der Waals surface area contributed by atoms with Crippen LogP contribution in [0.25, 0.3) is 0 Å². The number of benzene rings is 1. The molecular weight excluding hydrogens is 250 g/mol. The van der Waals surface area contributed by atoms with E-state index >= 15 is 0 Å². The van der Waals surface area contributed by atoms with Gasteiger partial charge in [-0.15, -0.1) is 0 Å². The number of carbonyl (C=O) groups excluding carboxylic acids is 1. The Hall–Kier alpha value is -1.81. The predicted octanol–water partition coefficient (Wildman–Crippen LogP) is 2.57. The highest BCUT2D eigenvalue weighted by Gasteiger charge is 2.10. The number of halogens is 1. The zero-order chi connectivity index (χ0) is 13.1. The van der Waals surface area contributed by atoms with E-state index in [9.17, 15) is 4.79 Å². The second-order valence-electron chi connectivity index (χ2n) is 3.95. The maximum Gasteiger partial charge on any atom is 0.170 e. The van der Waals surface area contributed by atoms with E-state index in [1.54, 1.807) is 38.1 Å². The number of nitrogens with zero attached hydrogens (tertiary/aromatic N) is 3. The van der Waals surface area contributed by atoms with Crippen LogP contribution in [0.2, 0.25) is 5.02 Å². The summed E-state index contributed by atoms with van der Waals surface area (Å²) in [5.74, 6) is 1.72. The summed E-state index contributed by atoms with van der Waals surface area (Å²) in [6, 6.07) is 6.79. The second kappa shape index (κ2) is 5.23. The number of aromatic nitrogens is 3. The van der Waals surface area contributed by atoms with E-state index in [-0.39, 0.29) is 12.2 Å². The van der Waals surface area contributed by atoms with Crippen LogP contribution in [0.1, 0.15) is 27.8 Å². The molecule has 2 aromatic rings. The minimum absolute atomic E-state index is 0.0309. The summed E-state index contributed by atoms with van der Waals surface area (Å²) in [7, 11) is 0. The Morgan fingerprint density at radius 3 is 2.17 bits per heavy atom. The Labute approximate surface area is 110 Å². The molecule has 4 nitrogen and oxygen atoms in total. The fourth-order valence-electron chi connectivity index (χ4n) is 1.64. The molecule has 1 heterocycles. The van der Waals surface area contributed by atoms with Gasteiger partial charge in [-0.1, -0.05) is 11.6 Å². The molecule has 18 heavy (non-hydrogen) atoms. The van der Waals surface area contributed by atoms with Gasteiger partial charge in [0.1, 0.15) is 17.5 Å². The summed E-state index contributed by atoms with van der Waals surface area (Å²) in [5, 5.41) is 0.610. The van der Waals surface area contributed by atoms with Crippen LogP contribution in [-0.2, 0) is 6.42 Å². The van der Waals surface area contributed by atoms with Gasteiger partial charge >= 0.3 is 0 Å². The largest absolute Gasteiger partial charge is 0.294 e. The maximum atomic E-state index is 12.0. The molecule has 0 aliphatic heterocycles. The first-order valence-corrected chi connectivity index (χ1v) is 5.89. The number of carbonyl (C=O) groups is 1. The number of aryl methyl sites for hydroxylation is 2. The van der Waals surface area contributed by atoms with Crippen molar-refractivity contribution in [2.75, 3.05) is 0 Å². The van der Waals surface area contributed by atoms with Gasteiger partial charge in [-0.25, -0.2) is 15.0 Å². The molecule has 0 spiro atoms. The third-order valence-corrected chi connectivity index (χ3v) is 2.64. The zero-order valence-corrected chi connectivity index (χ0v) is 10.9. The Morgan fingerprint density at radius 2 is 1.61 bits per heavy atom. The minimum atomic E-state index is -0.0309. The van der Waals surface area contributed by atoms with Crippen LogP contribution in [-0.4, -0.2) is 20.7 Å². The molecule has 0 N–H and O–H groups in total. The van der Waals surface area contributed by atoms with Gasteiger partial charge in [0.15, 0.2) is 5.78 Å². The van der Waals surface area contributed by atoms with Crippen molar-refractivity contribution >= 4 is 17.4 Å². The Bertz CT molecular complexity index is 561. The lowest BCUT2D eigenvalue weighted by atomic mass is 10.1. The molecule has 0 aliphatic carbocycles. The molecule has 1 aromatic carbocycles. The predicted molar refractivity (Wildman–Crippen MR) is 68.8 cm³/mol. The van der Waals surface area contributed by atoms with Gasteiger partial charge < -0.3 is 0 Å². The minimum Gasteiger partial charge on any atom is -0.294 e. The van der Waals surface area contributed by atoms with Gasteiger partial charge in [0.2, 0.25) is 0 Å². The van der Waals surface area contributed by atoms with Crippen molar-refractivity contribution in [1.82, 2.24) is 15.0 Å². The van der Waals surface area contributed by atoms with E-state index in [0.29, 0.717) is 28.1 Å². The van der Waals surface area contributed by atoms with Crippen LogP contribution in [0.3, 0.4) is 0 Å². The zero-order valence-electron chi connectivity index (χ0n) is 10.1. The standard InChI is InChI=1S/C13H12ClN3O/c1-8-15-9(2)17-13(16-8)7-12(18)10-3-5-11(14)6-4-10/h3-6H,7H2,1-2H3. The molecule has 5 heteroatoms. The molecule has 0 atom stereocenters. The quantitative estimate of drug-likeness (QED) is 0.797. The summed E-state index contributed by atoms with van der Waals surface area (Å²) in [6.45, 7) is 3.57. The summed E-state index contributed by atoms with van der Waals surface area (Å²) < 4.78 is 0. The van der Waals surface area contributed by atoms with Crippen molar-refractivity contribution in [3.63, 3.8) is 0 Å². The molecule has 0 unspecified atom stereocenters. The number of ketones is 1. The smallest absolute Gasteiger partial charge is 0.170 e. The van der Waals surface area contributed by atoms with Crippen molar-refractivity contribution in [2.45, 2.75) is 20.3 Å². The van der Waals surface area contributed by atoms with E-state index in [0.717, 1.165) is 0 Å². The number of hydrogen-bond acceptors (Lipinski definition) is 4. The molecule has 0 fully saturated rings. The number of rotatable bonds is 3. The lowest BCUT2D eigenvalue weighted by molar-refractivity contribution is 0.0990. The van der Waals surface area contributed by atoms with Gasteiger partial charge in [0.05, 0.1) is 6.42 Å². The summed E-state index contributed by atoms with van der Waals surface area (Å²) >= 11 is 5.77. The first-order valence-electron chi connectivity index (χ1n) is 5.51. The second-order valence-corrected chi connectivity index (χ2v) is 4.39. The highest BCUT2D eigenvalue weighted by Crippen LogP contribution is 2.11. The maximum absolute atomic E-state index is 12.0. The van der Waals surface area contributed by atoms with Gasteiger partial charge in [-0.2, -0.15) is 0 Å². The molecule has 0 saturated heterocycles. The van der Waals surface area contributed by atoms with E-state index in [2.05, 4.69) is 15.0 Å². The molecule has 1 aromatic heterocycles. The number of Topliss-reactive ketones (excluding diaryl/α,β-unsaturated/α-hetero) is 1. The van der Waals surface area contributed by atoms with Crippen molar-refractivity contribution in [3.05, 3.63) is 52.3 Å². The van der Waals surface area contributed by atoms with Crippen molar-refractivity contribution in [1.29, 1.82) is 0 Å².